The normalized spacial score (nSPS) is 20.2. The molecule has 2 aliphatic heterocycles. The van der Waals surface area contributed by atoms with E-state index in [0.717, 1.165) is 52.4 Å². The van der Waals surface area contributed by atoms with Crippen molar-refractivity contribution in [3.05, 3.63) is 75.5 Å². The number of fused-ring (bicyclic) bond motifs is 7. The smallest absolute Gasteiger partial charge is 0.263 e. The highest BCUT2D eigenvalue weighted by atomic mass is 16.5. The first kappa shape index (κ1) is 17.5. The second-order valence-corrected chi connectivity index (χ2v) is 8.12. The Hall–Kier alpha value is -3.38. The number of hydrogen-bond acceptors (Lipinski definition) is 4. The quantitative estimate of drug-likeness (QED) is 0.514. The van der Waals surface area contributed by atoms with E-state index in [1.807, 2.05) is 41.0 Å². The Labute approximate surface area is 173 Å². The summed E-state index contributed by atoms with van der Waals surface area (Å²) in [5, 5.41) is 5.49. The van der Waals surface area contributed by atoms with E-state index in [9.17, 15) is 4.79 Å². The van der Waals surface area contributed by atoms with Gasteiger partial charge in [-0.25, -0.2) is 4.98 Å². The van der Waals surface area contributed by atoms with Crippen molar-refractivity contribution in [3.8, 4) is 5.75 Å². The minimum atomic E-state index is -0.757. The van der Waals surface area contributed by atoms with E-state index in [0.29, 0.717) is 5.39 Å². The second kappa shape index (κ2) is 5.83. The monoisotopic (exact) mass is 398 g/mol. The number of rotatable bonds is 1. The maximum atomic E-state index is 13.7. The first-order valence-electron chi connectivity index (χ1n) is 10.2. The van der Waals surface area contributed by atoms with Crippen molar-refractivity contribution in [2.45, 2.75) is 25.9 Å². The molecule has 2 aromatic heterocycles. The summed E-state index contributed by atoms with van der Waals surface area (Å²) in [5.74, 6) is 1.54. The zero-order valence-electron chi connectivity index (χ0n) is 17.2. The molecule has 30 heavy (non-hydrogen) atoms. The third-order valence-electron chi connectivity index (χ3n) is 6.78. The van der Waals surface area contributed by atoms with Gasteiger partial charge in [0.2, 0.25) is 0 Å². The van der Waals surface area contributed by atoms with E-state index in [1.54, 1.807) is 7.11 Å². The van der Waals surface area contributed by atoms with Crippen molar-refractivity contribution in [1.29, 1.82) is 0 Å². The van der Waals surface area contributed by atoms with Crippen LogP contribution in [0.25, 0.3) is 27.4 Å². The number of aromatic amines is 1. The number of nitrogens with zero attached hydrogens (tertiary/aromatic N) is 2. The summed E-state index contributed by atoms with van der Waals surface area (Å²) in [4.78, 5) is 22.2. The lowest BCUT2D eigenvalue weighted by Crippen LogP contribution is -2.55. The Morgan fingerprint density at radius 2 is 1.97 bits per heavy atom. The second-order valence-electron chi connectivity index (χ2n) is 8.12. The Balaban J connectivity index is 1.74. The van der Waals surface area contributed by atoms with Gasteiger partial charge in [0.05, 0.1) is 23.7 Å². The van der Waals surface area contributed by atoms with E-state index in [4.69, 9.17) is 9.72 Å². The standard InChI is InChI=1S/C24H22N4O2/c1-13-14(2)24(28-22(13)27-19-7-5-4-6-18(19)23(28)29)21-17(10-11-25-24)16-9-8-15(30-3)12-20(16)26-21/h4-9,12,25-26H,10-11H2,1-3H3/t24-/m0/s1. The molecule has 0 radical (unpaired) electrons. The Morgan fingerprint density at radius 1 is 1.13 bits per heavy atom. The molecule has 0 aliphatic carbocycles. The fourth-order valence-corrected chi connectivity index (χ4v) is 5.20. The summed E-state index contributed by atoms with van der Waals surface area (Å²) < 4.78 is 7.27. The molecule has 0 bridgehead atoms. The minimum Gasteiger partial charge on any atom is -0.497 e. The molecule has 1 atom stereocenters. The molecule has 6 nitrogen and oxygen atoms in total. The molecule has 0 saturated carbocycles. The van der Waals surface area contributed by atoms with Gasteiger partial charge in [-0.3, -0.25) is 14.7 Å². The van der Waals surface area contributed by atoms with Gasteiger partial charge in [-0.1, -0.05) is 12.1 Å². The molecule has 2 aliphatic rings. The third-order valence-corrected chi connectivity index (χ3v) is 6.78. The molecule has 150 valence electrons. The van der Waals surface area contributed by atoms with Crippen LogP contribution in [0.5, 0.6) is 5.75 Å². The highest BCUT2D eigenvalue weighted by Crippen LogP contribution is 2.46. The van der Waals surface area contributed by atoms with Crippen molar-refractivity contribution < 1.29 is 4.74 Å². The zero-order valence-corrected chi connectivity index (χ0v) is 17.2. The number of allylic oxidation sites excluding steroid dienone is 1. The number of ether oxygens (including phenoxy) is 1. The maximum absolute atomic E-state index is 13.7. The van der Waals surface area contributed by atoms with Crippen LogP contribution in [0.1, 0.15) is 30.9 Å². The van der Waals surface area contributed by atoms with Gasteiger partial charge < -0.3 is 9.72 Å². The molecule has 0 fully saturated rings. The van der Waals surface area contributed by atoms with E-state index in [1.165, 1.54) is 10.9 Å². The van der Waals surface area contributed by atoms with Crippen LogP contribution < -0.4 is 15.6 Å². The largest absolute Gasteiger partial charge is 0.497 e. The number of methoxy groups -OCH3 is 1. The van der Waals surface area contributed by atoms with Gasteiger partial charge in [0, 0.05) is 23.5 Å². The summed E-state index contributed by atoms with van der Waals surface area (Å²) in [6.07, 6.45) is 0.890. The number of aromatic nitrogens is 3. The Morgan fingerprint density at radius 3 is 2.80 bits per heavy atom. The number of benzene rings is 2. The summed E-state index contributed by atoms with van der Waals surface area (Å²) >= 11 is 0. The van der Waals surface area contributed by atoms with E-state index < -0.39 is 5.66 Å². The van der Waals surface area contributed by atoms with Gasteiger partial charge in [-0.15, -0.1) is 0 Å². The van der Waals surface area contributed by atoms with Crippen LogP contribution in [-0.4, -0.2) is 28.2 Å². The molecule has 0 unspecified atom stereocenters. The summed E-state index contributed by atoms with van der Waals surface area (Å²) in [5.41, 5.74) is 5.37. The van der Waals surface area contributed by atoms with Gasteiger partial charge >= 0.3 is 0 Å². The molecule has 4 aromatic rings. The van der Waals surface area contributed by atoms with Gasteiger partial charge in [0.25, 0.3) is 5.56 Å². The van der Waals surface area contributed by atoms with E-state index >= 15 is 0 Å². The highest BCUT2D eigenvalue weighted by molar-refractivity contribution is 5.88. The van der Waals surface area contributed by atoms with Crippen LogP contribution in [0.4, 0.5) is 0 Å². The van der Waals surface area contributed by atoms with E-state index in [2.05, 4.69) is 30.2 Å². The molecule has 2 aromatic carbocycles. The summed E-state index contributed by atoms with van der Waals surface area (Å²) in [6, 6.07) is 13.7. The molecule has 0 amide bonds. The molecule has 0 saturated heterocycles. The predicted molar refractivity (Wildman–Crippen MR) is 118 cm³/mol. The van der Waals surface area contributed by atoms with Crippen LogP contribution in [-0.2, 0) is 12.1 Å². The van der Waals surface area contributed by atoms with Crippen molar-refractivity contribution in [2.24, 2.45) is 0 Å². The van der Waals surface area contributed by atoms with E-state index in [-0.39, 0.29) is 5.56 Å². The lowest BCUT2D eigenvalue weighted by molar-refractivity contribution is 0.308. The van der Waals surface area contributed by atoms with Crippen LogP contribution in [0.3, 0.4) is 0 Å². The van der Waals surface area contributed by atoms with Gasteiger partial charge in [0.1, 0.15) is 11.6 Å². The maximum Gasteiger partial charge on any atom is 0.263 e. The van der Waals surface area contributed by atoms with Crippen LogP contribution >= 0.6 is 0 Å². The SMILES string of the molecule is COc1ccc2c3c([nH]c2c1)[C@]1(NCC3)C(C)=C(C)c2nc3ccccc3c(=O)n21. The number of hydrogen-bond donors (Lipinski definition) is 2. The fraction of sp³-hybridized carbons (Fsp3) is 0.250. The van der Waals surface area contributed by atoms with Crippen molar-refractivity contribution >= 4 is 27.4 Å². The molecule has 4 heterocycles. The van der Waals surface area contributed by atoms with Crippen LogP contribution in [0, 0.1) is 0 Å². The summed E-state index contributed by atoms with van der Waals surface area (Å²) in [7, 11) is 1.67. The van der Waals surface area contributed by atoms with Crippen molar-refractivity contribution in [3.63, 3.8) is 0 Å². The van der Waals surface area contributed by atoms with Gasteiger partial charge in [0.15, 0.2) is 5.66 Å². The van der Waals surface area contributed by atoms with Crippen LogP contribution in [0.15, 0.2) is 52.8 Å². The lowest BCUT2D eigenvalue weighted by Gasteiger charge is -2.38. The van der Waals surface area contributed by atoms with Crippen molar-refractivity contribution in [1.82, 2.24) is 19.9 Å². The van der Waals surface area contributed by atoms with Crippen LogP contribution in [0.2, 0.25) is 0 Å². The molecular formula is C24H22N4O2. The molecule has 6 heteroatoms. The number of nitrogens with one attached hydrogen (secondary N) is 2. The first-order valence-corrected chi connectivity index (χ1v) is 10.2. The topological polar surface area (TPSA) is 71.9 Å². The number of para-hydroxylation sites is 1. The molecule has 6 rings (SSSR count). The Kier molecular flexibility index (Phi) is 3.40. The molecule has 2 N–H and O–H groups in total. The van der Waals surface area contributed by atoms with Gasteiger partial charge in [-0.05, 0) is 61.2 Å². The van der Waals surface area contributed by atoms with Crippen molar-refractivity contribution in [2.75, 3.05) is 13.7 Å². The summed E-state index contributed by atoms with van der Waals surface area (Å²) in [6.45, 7) is 4.93. The molecular weight excluding hydrogens is 376 g/mol. The third kappa shape index (κ3) is 1.96. The Bertz CT molecular complexity index is 1460. The minimum absolute atomic E-state index is 0.0246. The number of H-pyrrole nitrogens is 1. The fourth-order valence-electron chi connectivity index (χ4n) is 5.20. The average Bonchev–Trinajstić information content (AvgIpc) is 3.24. The lowest BCUT2D eigenvalue weighted by atomic mass is 9.88. The van der Waals surface area contributed by atoms with Gasteiger partial charge in [-0.2, -0.15) is 0 Å². The first-order chi connectivity index (χ1) is 14.6. The zero-order chi connectivity index (χ0) is 20.6. The predicted octanol–water partition coefficient (Wildman–Crippen LogP) is 3.54. The average molecular weight is 398 g/mol. The highest BCUT2D eigenvalue weighted by Gasteiger charge is 2.49. The molecule has 1 spiro atoms.